The summed E-state index contributed by atoms with van der Waals surface area (Å²) in [5.74, 6) is 0.834. The normalized spacial score (nSPS) is 8.27. The fourth-order valence-corrected chi connectivity index (χ4v) is 0.794. The van der Waals surface area contributed by atoms with Crippen molar-refractivity contribution < 1.29 is 0 Å². The Bertz CT molecular complexity index is 162. The molecule has 0 bridgehead atoms. The highest BCUT2D eigenvalue weighted by Gasteiger charge is 1.80. The first-order valence-electron chi connectivity index (χ1n) is 3.55. The van der Waals surface area contributed by atoms with Crippen molar-refractivity contribution in [2.45, 2.75) is 12.7 Å². The maximum atomic E-state index is 4.11. The van der Waals surface area contributed by atoms with Crippen LogP contribution in [0.4, 0.5) is 0 Å². The number of hydrogen-bond donors (Lipinski definition) is 1. The zero-order valence-electron chi connectivity index (χ0n) is 6.63. The first kappa shape index (κ1) is 11.3. The fraction of sp³-hybridized carbons (Fsp3) is 0.333. The summed E-state index contributed by atoms with van der Waals surface area (Å²) in [6.07, 6.45) is 0. The summed E-state index contributed by atoms with van der Waals surface area (Å²) in [4.78, 5) is 0. The molecule has 0 amide bonds. The number of rotatable bonds is 1. The van der Waals surface area contributed by atoms with Crippen LogP contribution in [-0.2, 0) is 5.75 Å². The van der Waals surface area contributed by atoms with Crippen molar-refractivity contribution in [1.29, 1.82) is 0 Å². The van der Waals surface area contributed by atoms with Crippen LogP contribution in [0, 0.1) is 0 Å². The molecule has 0 atom stereocenters. The van der Waals surface area contributed by atoms with Gasteiger partial charge in [0.2, 0.25) is 0 Å². The van der Waals surface area contributed by atoms with E-state index in [9.17, 15) is 0 Å². The molecule has 0 aliphatic rings. The van der Waals surface area contributed by atoms with Crippen LogP contribution in [0.25, 0.3) is 0 Å². The second kappa shape index (κ2) is 8.40. The van der Waals surface area contributed by atoms with Gasteiger partial charge in [-0.15, -0.1) is 0 Å². The van der Waals surface area contributed by atoms with E-state index in [0.29, 0.717) is 0 Å². The monoisotopic (exact) mass is 280 g/mol. The summed E-state index contributed by atoms with van der Waals surface area (Å²) in [5, 5.41) is 0. The Kier molecular flexibility index (Phi) is 8.63. The van der Waals surface area contributed by atoms with Crippen molar-refractivity contribution in [3.8, 4) is 0 Å². The molecule has 0 saturated heterocycles. The molecule has 0 unspecified atom stereocenters. The third-order valence-corrected chi connectivity index (χ3v) is 1.39. The average Bonchev–Trinajstić information content (AvgIpc) is 2.08. The van der Waals surface area contributed by atoms with Gasteiger partial charge in [0.15, 0.2) is 0 Å². The van der Waals surface area contributed by atoms with Crippen LogP contribution in [-0.4, -0.2) is 4.43 Å². The van der Waals surface area contributed by atoms with Crippen LogP contribution in [0.15, 0.2) is 30.3 Å². The molecule has 0 nitrogen and oxygen atoms in total. The smallest absolute Gasteiger partial charge is 0.0154 e. The van der Waals surface area contributed by atoms with Crippen LogP contribution >= 0.6 is 35.2 Å². The highest BCUT2D eigenvalue weighted by Crippen LogP contribution is 2.00. The Balaban J connectivity index is 0.000000292. The highest BCUT2D eigenvalue weighted by molar-refractivity contribution is 14.1. The number of hydrogen-bond acceptors (Lipinski definition) is 1. The molecule has 0 heterocycles. The van der Waals surface area contributed by atoms with Gasteiger partial charge in [-0.1, -0.05) is 59.8 Å². The highest BCUT2D eigenvalue weighted by atomic mass is 127. The average molecular weight is 280 g/mol. The van der Waals surface area contributed by atoms with Crippen LogP contribution in [0.3, 0.4) is 0 Å². The van der Waals surface area contributed by atoms with E-state index in [1.165, 1.54) is 9.99 Å². The Morgan fingerprint density at radius 1 is 1.27 bits per heavy atom. The largest absolute Gasteiger partial charge is 0.175 e. The molecular formula is C9H13IS. The predicted octanol–water partition coefficient (Wildman–Crippen LogP) is 3.56. The van der Waals surface area contributed by atoms with Gasteiger partial charge >= 0.3 is 0 Å². The topological polar surface area (TPSA) is 0 Å². The van der Waals surface area contributed by atoms with Crippen molar-refractivity contribution in [2.24, 2.45) is 0 Å². The molecule has 0 spiro atoms. The fourth-order valence-electron chi connectivity index (χ4n) is 0.583. The van der Waals surface area contributed by atoms with Crippen LogP contribution < -0.4 is 0 Å². The van der Waals surface area contributed by atoms with E-state index in [0.717, 1.165) is 5.75 Å². The molecule has 11 heavy (non-hydrogen) atoms. The molecule has 0 radical (unpaired) electrons. The second-order valence-corrected chi connectivity index (χ2v) is 3.75. The minimum atomic E-state index is 0.834. The van der Waals surface area contributed by atoms with Crippen molar-refractivity contribution in [2.75, 3.05) is 4.43 Å². The third kappa shape index (κ3) is 6.69. The standard InChI is InChI=1S/C7H8S.C2H5I/c8-6-7-4-2-1-3-5-7;1-2-3/h1-5,8H,6H2;2H2,1H3. The number of thiol groups is 1. The van der Waals surface area contributed by atoms with Gasteiger partial charge in [-0.05, 0) is 9.99 Å². The quantitative estimate of drug-likeness (QED) is 0.454. The number of alkyl halides is 1. The molecule has 0 saturated carbocycles. The van der Waals surface area contributed by atoms with E-state index in [-0.39, 0.29) is 0 Å². The molecule has 0 N–H and O–H groups in total. The van der Waals surface area contributed by atoms with Gasteiger partial charge in [0.1, 0.15) is 0 Å². The minimum Gasteiger partial charge on any atom is -0.175 e. The van der Waals surface area contributed by atoms with E-state index in [1.54, 1.807) is 0 Å². The molecule has 62 valence electrons. The lowest BCUT2D eigenvalue weighted by molar-refractivity contribution is 1.43. The van der Waals surface area contributed by atoms with Gasteiger partial charge in [0.05, 0.1) is 0 Å². The number of benzene rings is 1. The maximum absolute atomic E-state index is 4.11. The maximum Gasteiger partial charge on any atom is 0.0154 e. The van der Waals surface area contributed by atoms with Crippen molar-refractivity contribution in [3.63, 3.8) is 0 Å². The van der Waals surface area contributed by atoms with E-state index in [4.69, 9.17) is 0 Å². The molecule has 0 aliphatic heterocycles. The van der Waals surface area contributed by atoms with E-state index >= 15 is 0 Å². The summed E-state index contributed by atoms with van der Waals surface area (Å²) >= 11 is 6.40. The lowest BCUT2D eigenvalue weighted by Gasteiger charge is -1.89. The molecule has 0 fully saturated rings. The third-order valence-electron chi connectivity index (χ3n) is 1.03. The number of halogens is 1. The van der Waals surface area contributed by atoms with E-state index < -0.39 is 0 Å². The second-order valence-electron chi connectivity index (χ2n) is 1.91. The van der Waals surface area contributed by atoms with Gasteiger partial charge in [0.25, 0.3) is 0 Å². The molecule has 1 rings (SSSR count). The lowest BCUT2D eigenvalue weighted by Crippen LogP contribution is -1.71. The van der Waals surface area contributed by atoms with Crippen molar-refractivity contribution >= 4 is 35.2 Å². The summed E-state index contributed by atoms with van der Waals surface area (Å²) < 4.78 is 1.22. The zero-order chi connectivity index (χ0) is 8.53. The molecule has 1 aromatic rings. The Hall–Kier alpha value is 0.300. The Morgan fingerprint density at radius 2 is 1.73 bits per heavy atom. The van der Waals surface area contributed by atoms with Crippen LogP contribution in [0.5, 0.6) is 0 Å². The SMILES string of the molecule is CCI.SCc1ccccc1. The molecule has 0 aliphatic carbocycles. The van der Waals surface area contributed by atoms with Crippen molar-refractivity contribution in [3.05, 3.63) is 35.9 Å². The van der Waals surface area contributed by atoms with Gasteiger partial charge in [-0.25, -0.2) is 0 Å². The molecule has 2 heteroatoms. The summed E-state index contributed by atoms with van der Waals surface area (Å²) in [6, 6.07) is 10.2. The first-order chi connectivity index (χ1) is 5.35. The summed E-state index contributed by atoms with van der Waals surface area (Å²) in [7, 11) is 0. The van der Waals surface area contributed by atoms with Crippen LogP contribution in [0.1, 0.15) is 12.5 Å². The van der Waals surface area contributed by atoms with Crippen LogP contribution in [0.2, 0.25) is 0 Å². The summed E-state index contributed by atoms with van der Waals surface area (Å²) in [5.41, 5.74) is 1.27. The Labute approximate surface area is 87.9 Å². The predicted molar refractivity (Wildman–Crippen MR) is 63.7 cm³/mol. The van der Waals surface area contributed by atoms with Gasteiger partial charge in [-0.3, -0.25) is 0 Å². The van der Waals surface area contributed by atoms with Crippen molar-refractivity contribution in [1.82, 2.24) is 0 Å². The van der Waals surface area contributed by atoms with Gasteiger partial charge in [0, 0.05) is 5.75 Å². The first-order valence-corrected chi connectivity index (χ1v) is 5.71. The molecular weight excluding hydrogens is 267 g/mol. The van der Waals surface area contributed by atoms with Gasteiger partial charge in [-0.2, -0.15) is 12.6 Å². The Morgan fingerprint density at radius 3 is 2.00 bits per heavy atom. The van der Waals surface area contributed by atoms with E-state index in [2.05, 4.69) is 54.3 Å². The van der Waals surface area contributed by atoms with Gasteiger partial charge < -0.3 is 0 Å². The molecule has 1 aromatic carbocycles. The lowest BCUT2D eigenvalue weighted by atomic mass is 10.2. The summed E-state index contributed by atoms with van der Waals surface area (Å²) in [6.45, 7) is 2.11. The molecule has 0 aromatic heterocycles. The van der Waals surface area contributed by atoms with E-state index in [1.807, 2.05) is 18.2 Å². The zero-order valence-corrected chi connectivity index (χ0v) is 9.68. The minimum absolute atomic E-state index is 0.834.